The van der Waals surface area contributed by atoms with Gasteiger partial charge in [-0.2, -0.15) is 0 Å². The lowest BCUT2D eigenvalue weighted by molar-refractivity contribution is -0.215. The van der Waals surface area contributed by atoms with Gasteiger partial charge in [0, 0.05) is 13.1 Å². The number of nitrogens with one attached hydrogen (secondary N) is 2. The van der Waals surface area contributed by atoms with Crippen molar-refractivity contribution < 1.29 is 30.0 Å². The molecule has 0 bridgehead atoms. The Hall–Kier alpha value is -1.74. The van der Waals surface area contributed by atoms with Crippen molar-refractivity contribution in [2.24, 2.45) is 100 Å². The molecule has 10 aliphatic carbocycles. The summed E-state index contributed by atoms with van der Waals surface area (Å²) >= 11 is 0. The van der Waals surface area contributed by atoms with Gasteiger partial charge >= 0.3 is 0 Å². The number of aliphatic hydroxyl groups is 4. The smallest absolute Gasteiger partial charge is 0.229 e. The molecule has 0 aliphatic heterocycles. The van der Waals surface area contributed by atoms with E-state index < -0.39 is 23.0 Å². The molecule has 18 atom stereocenters. The Morgan fingerprint density at radius 1 is 0.446 bits per heavy atom. The SMILES string of the molecule is CC1(C)CC[C@@]2(C(=O)NCCCCCCNC(=O)[C@]34CCC(C)(C)CC3C3=CCC5[C@@]6(C)CC[C@H](O)C(C)(C)C6CC[C@@]5(C)[C@]3(C)C[C@H]4O)C(C1)C1=CCC3[C@@]4(C)CC[C@H](O)C(C)(C)C4CC[C@@]3(C)[C@]1(C)C[C@H]2O. The number of carbonyl (C=O) groups excluding carboxylic acids is 2. The number of allylic oxidation sites excluding steroid dienone is 4. The first kappa shape index (κ1) is 55.6. The van der Waals surface area contributed by atoms with E-state index in [1.165, 1.54) is 11.1 Å². The molecule has 0 saturated heterocycles. The summed E-state index contributed by atoms with van der Waals surface area (Å²) in [5.74, 6) is 2.01. The molecule has 0 spiro atoms. The van der Waals surface area contributed by atoms with Gasteiger partial charge in [-0.3, -0.25) is 9.59 Å². The van der Waals surface area contributed by atoms with Crippen molar-refractivity contribution >= 4 is 11.8 Å². The first-order valence-corrected chi connectivity index (χ1v) is 31.0. The zero-order chi connectivity index (χ0) is 53.9. The van der Waals surface area contributed by atoms with Crippen molar-refractivity contribution in [2.75, 3.05) is 13.1 Å². The predicted octanol–water partition coefficient (Wildman–Crippen LogP) is 13.0. The number of fused-ring (bicyclic) bond motifs is 14. The highest BCUT2D eigenvalue weighted by Crippen LogP contribution is 2.78. The number of amides is 2. The number of hydrogen-bond donors (Lipinski definition) is 6. The molecular weight excluding hydrogens is 917 g/mol. The molecule has 6 unspecified atom stereocenters. The third-order valence-electron chi connectivity index (χ3n) is 27.8. The van der Waals surface area contributed by atoms with E-state index in [1.54, 1.807) is 0 Å². The number of unbranched alkanes of at least 4 members (excludes halogenated alkanes) is 3. The summed E-state index contributed by atoms with van der Waals surface area (Å²) in [4.78, 5) is 29.8. The van der Waals surface area contributed by atoms with Crippen LogP contribution in [-0.4, -0.2) is 69.7 Å². The minimum atomic E-state index is -0.819. The fraction of sp³-hybridized carbons (Fsp3) is 0.909. The van der Waals surface area contributed by atoms with E-state index in [2.05, 4.69) is 120 Å². The van der Waals surface area contributed by atoms with Crippen LogP contribution >= 0.6 is 0 Å². The Bertz CT molecular complexity index is 2120. The second-order valence-electron chi connectivity index (χ2n) is 32.6. The summed E-state index contributed by atoms with van der Waals surface area (Å²) in [5.41, 5.74) is 1.09. The van der Waals surface area contributed by atoms with E-state index in [1.807, 2.05) is 0 Å². The van der Waals surface area contributed by atoms with Gasteiger partial charge in [0.05, 0.1) is 35.2 Å². The van der Waals surface area contributed by atoms with Crippen LogP contribution in [0, 0.1) is 100 Å². The monoisotopic (exact) mass is 1020 g/mol. The number of hydrogen-bond acceptors (Lipinski definition) is 6. The minimum Gasteiger partial charge on any atom is -0.393 e. The third-order valence-corrected chi connectivity index (χ3v) is 27.8. The lowest BCUT2D eigenvalue weighted by atomic mass is 9.33. The van der Waals surface area contributed by atoms with Crippen molar-refractivity contribution in [3.05, 3.63) is 23.3 Å². The third kappa shape index (κ3) is 7.55. The second-order valence-corrected chi connectivity index (χ2v) is 32.6. The first-order valence-electron chi connectivity index (χ1n) is 31.0. The molecule has 0 radical (unpaired) electrons. The van der Waals surface area contributed by atoms with Gasteiger partial charge in [-0.1, -0.05) is 133 Å². The van der Waals surface area contributed by atoms with E-state index in [-0.39, 0.29) is 90.0 Å². The number of aliphatic hydroxyl groups excluding tert-OH is 4. The van der Waals surface area contributed by atoms with Gasteiger partial charge in [0.25, 0.3) is 0 Å². The average Bonchev–Trinajstić information content (AvgIpc) is 3.30. The molecule has 0 aromatic carbocycles. The summed E-state index contributed by atoms with van der Waals surface area (Å²) in [7, 11) is 0. The molecule has 8 nitrogen and oxygen atoms in total. The van der Waals surface area contributed by atoms with Crippen LogP contribution in [0.25, 0.3) is 0 Å². The van der Waals surface area contributed by atoms with Gasteiger partial charge in [-0.05, 0) is 218 Å². The predicted molar refractivity (Wildman–Crippen MR) is 297 cm³/mol. The van der Waals surface area contributed by atoms with Gasteiger partial charge in [-0.15, -0.1) is 0 Å². The average molecular weight is 1030 g/mol. The van der Waals surface area contributed by atoms with Crippen molar-refractivity contribution in [1.29, 1.82) is 0 Å². The van der Waals surface area contributed by atoms with Crippen LogP contribution in [0.4, 0.5) is 0 Å². The second kappa shape index (κ2) is 17.9. The summed E-state index contributed by atoms with van der Waals surface area (Å²) < 4.78 is 0. The maximum atomic E-state index is 14.9. The van der Waals surface area contributed by atoms with Crippen molar-refractivity contribution in [3.8, 4) is 0 Å². The van der Waals surface area contributed by atoms with E-state index in [9.17, 15) is 30.0 Å². The van der Waals surface area contributed by atoms with Gasteiger partial charge in [-0.25, -0.2) is 0 Å². The molecule has 10 aliphatic rings. The highest BCUT2D eigenvalue weighted by atomic mass is 16.3. The Labute approximate surface area is 450 Å². The maximum absolute atomic E-state index is 14.9. The van der Waals surface area contributed by atoms with Crippen molar-refractivity contribution in [1.82, 2.24) is 10.6 Å². The largest absolute Gasteiger partial charge is 0.393 e. The van der Waals surface area contributed by atoms with Crippen molar-refractivity contribution in [2.45, 2.75) is 263 Å². The van der Waals surface area contributed by atoms with Crippen LogP contribution in [0.15, 0.2) is 23.3 Å². The molecule has 2 amide bonds. The van der Waals surface area contributed by atoms with E-state index in [4.69, 9.17) is 0 Å². The Morgan fingerprint density at radius 3 is 1.18 bits per heavy atom. The van der Waals surface area contributed by atoms with Gasteiger partial charge in [0.15, 0.2) is 0 Å². The first-order chi connectivity index (χ1) is 34.3. The number of carbonyl (C=O) groups is 2. The Morgan fingerprint density at radius 2 is 0.811 bits per heavy atom. The highest BCUT2D eigenvalue weighted by Gasteiger charge is 2.73. The molecule has 0 aromatic heterocycles. The van der Waals surface area contributed by atoms with Crippen LogP contribution in [0.3, 0.4) is 0 Å². The maximum Gasteiger partial charge on any atom is 0.229 e. The molecule has 8 saturated carbocycles. The lowest BCUT2D eigenvalue weighted by Gasteiger charge is -2.71. The van der Waals surface area contributed by atoms with E-state index in [0.29, 0.717) is 62.4 Å². The number of rotatable bonds is 9. The summed E-state index contributed by atoms with van der Waals surface area (Å²) in [6.07, 6.45) is 23.5. The standard InChI is InChI=1S/C66H108N2O6/c1-55(2)31-33-65(43(37-55)41-19-21-47-59(9)27-25-49(69)57(5,6)45(59)23-29-61(47,11)63(41,13)39-51(65)71)53(73)67-35-17-15-16-18-36-68-54(74)66-34-32-56(3,4)38-44(66)42-20-22-48-60(10)28-26-50(70)58(7,8)46(60)24-30-62(48,12)64(42,14)40-52(66)72/h19-20,43-52,69-72H,15-18,21-40H2,1-14H3,(H,67,73)(H,68,74)/t43?,44?,45?,46?,47?,48?,49-,50-,51+,52+,59-,60-,61+,62+,63+,64+,65+,66+/m0/s1. The van der Waals surface area contributed by atoms with E-state index >= 15 is 0 Å². The Balaban J connectivity index is 0.775. The van der Waals surface area contributed by atoms with Crippen LogP contribution in [0.2, 0.25) is 0 Å². The van der Waals surface area contributed by atoms with Crippen LogP contribution in [0.1, 0.15) is 238 Å². The summed E-state index contributed by atoms with van der Waals surface area (Å²) in [6.45, 7) is 34.9. The summed E-state index contributed by atoms with van der Waals surface area (Å²) in [6, 6.07) is 0. The zero-order valence-corrected chi connectivity index (χ0v) is 49.5. The molecule has 10 rings (SSSR count). The molecule has 74 heavy (non-hydrogen) atoms. The molecule has 8 heteroatoms. The quantitative estimate of drug-likeness (QED) is 0.100. The minimum absolute atomic E-state index is 0.00468. The van der Waals surface area contributed by atoms with Gasteiger partial charge < -0.3 is 31.1 Å². The molecule has 0 heterocycles. The molecular formula is C66H108N2O6. The zero-order valence-electron chi connectivity index (χ0n) is 49.5. The molecule has 418 valence electrons. The Kier molecular flexibility index (Phi) is 13.4. The van der Waals surface area contributed by atoms with Crippen LogP contribution < -0.4 is 10.6 Å². The lowest BCUT2D eigenvalue weighted by Crippen LogP contribution is -2.68. The van der Waals surface area contributed by atoms with Crippen LogP contribution in [0.5, 0.6) is 0 Å². The highest BCUT2D eigenvalue weighted by molar-refractivity contribution is 5.85. The van der Waals surface area contributed by atoms with Crippen LogP contribution in [-0.2, 0) is 9.59 Å². The molecule has 0 aromatic rings. The fourth-order valence-electron chi connectivity index (χ4n) is 22.8. The normalized spacial score (nSPS) is 50.2. The van der Waals surface area contributed by atoms with Crippen molar-refractivity contribution in [3.63, 3.8) is 0 Å². The topological polar surface area (TPSA) is 139 Å². The molecule has 8 fully saturated rings. The fourth-order valence-corrected chi connectivity index (χ4v) is 22.8. The van der Waals surface area contributed by atoms with Gasteiger partial charge in [0.2, 0.25) is 11.8 Å². The molecule has 6 N–H and O–H groups in total. The van der Waals surface area contributed by atoms with E-state index in [0.717, 1.165) is 116 Å². The summed E-state index contributed by atoms with van der Waals surface area (Å²) in [5, 5.41) is 54.7. The van der Waals surface area contributed by atoms with Gasteiger partial charge in [0.1, 0.15) is 0 Å².